The third-order valence-electron chi connectivity index (χ3n) is 3.97. The Morgan fingerprint density at radius 1 is 0.870 bits per heavy atom. The summed E-state index contributed by atoms with van der Waals surface area (Å²) in [5.41, 5.74) is 0.841. The van der Waals surface area contributed by atoms with Crippen LogP contribution in [0.3, 0.4) is 0 Å². The first-order valence-corrected chi connectivity index (χ1v) is 8.10. The Labute approximate surface area is 142 Å². The van der Waals surface area contributed by atoms with Gasteiger partial charge in [0, 0.05) is 16.0 Å². The van der Waals surface area contributed by atoms with E-state index in [1.807, 2.05) is 36.4 Å². The second-order valence-electron chi connectivity index (χ2n) is 6.64. The van der Waals surface area contributed by atoms with Crippen molar-refractivity contribution in [3.05, 3.63) is 59.1 Å². The lowest BCUT2D eigenvalue weighted by molar-refractivity contribution is -0.232. The zero-order valence-electron chi connectivity index (χ0n) is 13.6. The molecule has 0 N–H and O–H groups in total. The largest absolute Gasteiger partial charge is 0.457 e. The molecule has 3 nitrogen and oxygen atoms in total. The molecular weight excluding hydrogens is 312 g/mol. The van der Waals surface area contributed by atoms with Crippen molar-refractivity contribution >= 4 is 11.6 Å². The molecule has 122 valence electrons. The molecule has 1 aliphatic rings. The van der Waals surface area contributed by atoms with Crippen molar-refractivity contribution < 1.29 is 14.2 Å². The summed E-state index contributed by atoms with van der Waals surface area (Å²) in [5.74, 6) is 0.811. The predicted molar refractivity (Wildman–Crippen MR) is 91.0 cm³/mol. The average Bonchev–Trinajstić information content (AvgIpc) is 3.01. The van der Waals surface area contributed by atoms with E-state index in [0.29, 0.717) is 18.2 Å². The summed E-state index contributed by atoms with van der Waals surface area (Å²) in [6.45, 7) is 7.59. The van der Waals surface area contributed by atoms with Crippen molar-refractivity contribution in [1.82, 2.24) is 0 Å². The minimum Gasteiger partial charge on any atom is -0.457 e. The van der Waals surface area contributed by atoms with Crippen LogP contribution in [0.1, 0.15) is 26.3 Å². The molecular formula is C19H21ClO3. The number of hydrogen-bond donors (Lipinski definition) is 0. The second kappa shape index (κ2) is 6.16. The van der Waals surface area contributed by atoms with Crippen LogP contribution in [0.4, 0.5) is 0 Å². The minimum absolute atomic E-state index is 0.165. The van der Waals surface area contributed by atoms with Gasteiger partial charge in [-0.15, -0.1) is 0 Å². The van der Waals surface area contributed by atoms with Gasteiger partial charge in [-0.25, -0.2) is 0 Å². The summed E-state index contributed by atoms with van der Waals surface area (Å²) in [4.78, 5) is 0. The predicted octanol–water partition coefficient (Wildman–Crippen LogP) is 5.38. The lowest BCUT2D eigenvalue weighted by Gasteiger charge is -2.39. The maximum atomic E-state index is 5.98. The van der Waals surface area contributed by atoms with Gasteiger partial charge < -0.3 is 14.2 Å². The monoisotopic (exact) mass is 332 g/mol. The van der Waals surface area contributed by atoms with E-state index in [4.69, 9.17) is 25.8 Å². The topological polar surface area (TPSA) is 27.7 Å². The molecule has 0 spiro atoms. The SMILES string of the molecule is CC(C)(C)C1(c2ccc(Oc3ccc(Cl)cc3)cc2)OCCO1. The van der Waals surface area contributed by atoms with E-state index in [-0.39, 0.29) is 5.41 Å². The number of ether oxygens (including phenoxy) is 3. The van der Waals surface area contributed by atoms with Gasteiger partial charge in [-0.2, -0.15) is 0 Å². The lowest BCUT2D eigenvalue weighted by Crippen LogP contribution is -2.41. The van der Waals surface area contributed by atoms with Crippen molar-refractivity contribution in [1.29, 1.82) is 0 Å². The quantitative estimate of drug-likeness (QED) is 0.755. The van der Waals surface area contributed by atoms with Gasteiger partial charge in [0.05, 0.1) is 13.2 Å². The fourth-order valence-electron chi connectivity index (χ4n) is 2.83. The highest BCUT2D eigenvalue weighted by Gasteiger charge is 2.48. The first kappa shape index (κ1) is 16.3. The zero-order chi connectivity index (χ0) is 16.5. The van der Waals surface area contributed by atoms with Crippen molar-refractivity contribution in [3.8, 4) is 11.5 Å². The molecule has 0 aromatic heterocycles. The van der Waals surface area contributed by atoms with Crippen LogP contribution in [0, 0.1) is 5.41 Å². The third kappa shape index (κ3) is 3.23. The smallest absolute Gasteiger partial charge is 0.199 e. The van der Waals surface area contributed by atoms with Gasteiger partial charge in [-0.3, -0.25) is 0 Å². The molecule has 3 rings (SSSR count). The van der Waals surface area contributed by atoms with Crippen molar-refractivity contribution in [3.63, 3.8) is 0 Å². The molecule has 1 heterocycles. The van der Waals surface area contributed by atoms with E-state index in [0.717, 1.165) is 17.1 Å². The van der Waals surface area contributed by atoms with Crippen LogP contribution >= 0.6 is 11.6 Å². The fourth-order valence-corrected chi connectivity index (χ4v) is 2.95. The summed E-state index contributed by atoms with van der Waals surface area (Å²) >= 11 is 5.88. The zero-order valence-corrected chi connectivity index (χ0v) is 14.4. The molecule has 2 aromatic carbocycles. The number of rotatable bonds is 3. The fraction of sp³-hybridized carbons (Fsp3) is 0.368. The summed E-state index contributed by atoms with van der Waals surface area (Å²) in [7, 11) is 0. The summed E-state index contributed by atoms with van der Waals surface area (Å²) in [5, 5.41) is 0.690. The average molecular weight is 333 g/mol. The van der Waals surface area contributed by atoms with E-state index in [9.17, 15) is 0 Å². The number of hydrogen-bond acceptors (Lipinski definition) is 3. The molecule has 1 aliphatic heterocycles. The molecule has 2 aromatic rings. The number of halogens is 1. The van der Waals surface area contributed by atoms with Gasteiger partial charge >= 0.3 is 0 Å². The third-order valence-corrected chi connectivity index (χ3v) is 4.22. The molecule has 0 atom stereocenters. The summed E-state index contributed by atoms with van der Waals surface area (Å²) in [6.07, 6.45) is 0. The standard InChI is InChI=1S/C19H21ClO3/c1-18(2,3)19(21-12-13-22-19)14-4-8-16(9-5-14)23-17-10-6-15(20)7-11-17/h4-11H,12-13H2,1-3H3. The molecule has 0 unspecified atom stereocenters. The van der Waals surface area contributed by atoms with Crippen LogP contribution in [0.15, 0.2) is 48.5 Å². The number of benzene rings is 2. The van der Waals surface area contributed by atoms with Gasteiger partial charge in [-0.05, 0) is 48.5 Å². The molecule has 0 radical (unpaired) electrons. The van der Waals surface area contributed by atoms with Crippen LogP contribution in [0.25, 0.3) is 0 Å². The summed E-state index contributed by atoms with van der Waals surface area (Å²) in [6, 6.07) is 15.2. The van der Waals surface area contributed by atoms with Crippen molar-refractivity contribution in [2.45, 2.75) is 26.6 Å². The highest BCUT2D eigenvalue weighted by atomic mass is 35.5. The maximum absolute atomic E-state index is 5.98. The van der Waals surface area contributed by atoms with E-state index in [1.54, 1.807) is 12.1 Å². The Balaban J connectivity index is 1.82. The molecule has 23 heavy (non-hydrogen) atoms. The van der Waals surface area contributed by atoms with Crippen LogP contribution in [-0.2, 0) is 15.3 Å². The lowest BCUT2D eigenvalue weighted by atomic mass is 9.81. The Hall–Kier alpha value is -1.55. The van der Waals surface area contributed by atoms with Crippen LogP contribution < -0.4 is 4.74 Å². The van der Waals surface area contributed by atoms with Crippen molar-refractivity contribution in [2.24, 2.45) is 5.41 Å². The molecule has 0 amide bonds. The molecule has 0 bridgehead atoms. The highest BCUT2D eigenvalue weighted by Crippen LogP contribution is 2.46. The van der Waals surface area contributed by atoms with E-state index in [2.05, 4.69) is 20.8 Å². The maximum Gasteiger partial charge on any atom is 0.199 e. The van der Waals surface area contributed by atoms with Crippen LogP contribution in [-0.4, -0.2) is 13.2 Å². The van der Waals surface area contributed by atoms with Gasteiger partial charge in [0.15, 0.2) is 5.79 Å². The van der Waals surface area contributed by atoms with Gasteiger partial charge in [0.2, 0.25) is 0 Å². The first-order chi connectivity index (χ1) is 10.9. The normalized spacial score (nSPS) is 17.2. The van der Waals surface area contributed by atoms with Gasteiger partial charge in [0.1, 0.15) is 11.5 Å². The van der Waals surface area contributed by atoms with E-state index in [1.165, 1.54) is 0 Å². The first-order valence-electron chi connectivity index (χ1n) is 7.73. The van der Waals surface area contributed by atoms with Crippen LogP contribution in [0.2, 0.25) is 5.02 Å². The Morgan fingerprint density at radius 3 is 1.83 bits per heavy atom. The molecule has 4 heteroatoms. The highest BCUT2D eigenvalue weighted by molar-refractivity contribution is 6.30. The van der Waals surface area contributed by atoms with E-state index >= 15 is 0 Å². The van der Waals surface area contributed by atoms with E-state index < -0.39 is 5.79 Å². The second-order valence-corrected chi connectivity index (χ2v) is 7.08. The molecule has 0 saturated carbocycles. The Morgan fingerprint density at radius 2 is 1.35 bits per heavy atom. The molecule has 1 fully saturated rings. The summed E-state index contributed by atoms with van der Waals surface area (Å²) < 4.78 is 17.8. The minimum atomic E-state index is -0.703. The van der Waals surface area contributed by atoms with Gasteiger partial charge in [0.25, 0.3) is 0 Å². The van der Waals surface area contributed by atoms with Crippen molar-refractivity contribution in [2.75, 3.05) is 13.2 Å². The molecule has 1 saturated heterocycles. The van der Waals surface area contributed by atoms with Crippen LogP contribution in [0.5, 0.6) is 11.5 Å². The Kier molecular flexibility index (Phi) is 4.37. The van der Waals surface area contributed by atoms with Gasteiger partial charge in [-0.1, -0.05) is 32.4 Å². The molecule has 0 aliphatic carbocycles. The Bertz CT molecular complexity index is 651.